The van der Waals surface area contributed by atoms with E-state index in [1.165, 1.54) is 6.08 Å². The molecule has 0 amide bonds. The summed E-state index contributed by atoms with van der Waals surface area (Å²) in [6.45, 7) is 1.73. The molecular weight excluding hydrogens is 148 g/mol. The third-order valence-corrected chi connectivity index (χ3v) is 0.923. The third-order valence-electron chi connectivity index (χ3n) is 0.923. The van der Waals surface area contributed by atoms with Gasteiger partial charge in [-0.3, -0.25) is 0 Å². The van der Waals surface area contributed by atoms with Gasteiger partial charge in [-0.2, -0.15) is 0 Å². The fourth-order valence-corrected chi connectivity index (χ4v) is 0.449. The standard InChI is InChI=1S/C7H12O4/c1-2-3-7(10)11-5-4-6(8)9/h2-3,6,8-9H,4-5H2,1H3/b3-2+. The lowest BCUT2D eigenvalue weighted by atomic mass is 10.4. The second-order valence-corrected chi connectivity index (χ2v) is 1.94. The minimum absolute atomic E-state index is 0.0286. The van der Waals surface area contributed by atoms with Gasteiger partial charge in [-0.25, -0.2) is 4.79 Å². The Hall–Kier alpha value is -0.870. The van der Waals surface area contributed by atoms with Crippen LogP contribution in [0.5, 0.6) is 0 Å². The number of carbonyl (C=O) groups excluding carboxylic acids is 1. The molecule has 0 fully saturated rings. The maximum atomic E-state index is 10.6. The van der Waals surface area contributed by atoms with E-state index in [1.54, 1.807) is 13.0 Å². The molecule has 0 aromatic heterocycles. The molecule has 4 nitrogen and oxygen atoms in total. The van der Waals surface area contributed by atoms with Crippen molar-refractivity contribution in [3.8, 4) is 0 Å². The second-order valence-electron chi connectivity index (χ2n) is 1.94. The molecule has 0 aliphatic carbocycles. The Morgan fingerprint density at radius 1 is 1.64 bits per heavy atom. The monoisotopic (exact) mass is 160 g/mol. The lowest BCUT2D eigenvalue weighted by molar-refractivity contribution is -0.140. The van der Waals surface area contributed by atoms with Crippen LogP contribution in [0.1, 0.15) is 13.3 Å². The molecule has 0 aliphatic rings. The van der Waals surface area contributed by atoms with Crippen molar-refractivity contribution < 1.29 is 19.7 Å². The molecule has 0 heterocycles. The van der Waals surface area contributed by atoms with Crippen molar-refractivity contribution in [1.29, 1.82) is 0 Å². The van der Waals surface area contributed by atoms with Crippen LogP contribution >= 0.6 is 0 Å². The van der Waals surface area contributed by atoms with Gasteiger partial charge in [0.1, 0.15) is 0 Å². The van der Waals surface area contributed by atoms with Crippen LogP contribution in [0.2, 0.25) is 0 Å². The van der Waals surface area contributed by atoms with E-state index in [0.29, 0.717) is 0 Å². The number of esters is 1. The molecule has 0 atom stereocenters. The van der Waals surface area contributed by atoms with Gasteiger partial charge in [0.05, 0.1) is 6.61 Å². The van der Waals surface area contributed by atoms with Crippen LogP contribution in [0.3, 0.4) is 0 Å². The number of hydrogen-bond acceptors (Lipinski definition) is 4. The summed E-state index contributed by atoms with van der Waals surface area (Å²) in [7, 11) is 0. The van der Waals surface area contributed by atoms with Gasteiger partial charge < -0.3 is 14.9 Å². The van der Waals surface area contributed by atoms with E-state index >= 15 is 0 Å². The highest BCUT2D eigenvalue weighted by Crippen LogP contribution is 1.88. The molecular formula is C7H12O4. The zero-order valence-corrected chi connectivity index (χ0v) is 6.36. The predicted molar refractivity (Wildman–Crippen MR) is 38.6 cm³/mol. The Bertz CT molecular complexity index is 139. The topological polar surface area (TPSA) is 66.8 Å². The van der Waals surface area contributed by atoms with E-state index in [0.717, 1.165) is 0 Å². The highest BCUT2D eigenvalue weighted by Gasteiger charge is 1.99. The van der Waals surface area contributed by atoms with E-state index in [2.05, 4.69) is 4.74 Å². The minimum Gasteiger partial charge on any atom is -0.462 e. The fraction of sp³-hybridized carbons (Fsp3) is 0.571. The fourth-order valence-electron chi connectivity index (χ4n) is 0.449. The van der Waals surface area contributed by atoms with Crippen molar-refractivity contribution in [2.24, 2.45) is 0 Å². The first-order valence-corrected chi connectivity index (χ1v) is 3.32. The van der Waals surface area contributed by atoms with Crippen LogP contribution < -0.4 is 0 Å². The van der Waals surface area contributed by atoms with Crippen LogP contribution in [0.15, 0.2) is 12.2 Å². The second kappa shape index (κ2) is 5.88. The Morgan fingerprint density at radius 3 is 2.73 bits per heavy atom. The first-order chi connectivity index (χ1) is 5.16. The van der Waals surface area contributed by atoms with Gasteiger partial charge in [-0.15, -0.1) is 0 Å². The summed E-state index contributed by atoms with van der Waals surface area (Å²) < 4.78 is 4.55. The van der Waals surface area contributed by atoms with Gasteiger partial charge in [-0.05, 0) is 6.92 Å². The first kappa shape index (κ1) is 10.1. The number of aliphatic hydroxyl groups is 2. The molecule has 0 bridgehead atoms. The lowest BCUT2D eigenvalue weighted by Gasteiger charge is -2.02. The van der Waals surface area contributed by atoms with E-state index in [4.69, 9.17) is 10.2 Å². The molecule has 11 heavy (non-hydrogen) atoms. The van der Waals surface area contributed by atoms with Crippen molar-refractivity contribution >= 4 is 5.97 Å². The molecule has 0 aromatic rings. The van der Waals surface area contributed by atoms with Crippen molar-refractivity contribution in [2.45, 2.75) is 19.6 Å². The molecule has 0 saturated heterocycles. The van der Waals surface area contributed by atoms with Gasteiger partial charge in [0.2, 0.25) is 0 Å². The number of aliphatic hydroxyl groups excluding tert-OH is 1. The van der Waals surface area contributed by atoms with Crippen LogP contribution in [0.4, 0.5) is 0 Å². The van der Waals surface area contributed by atoms with Crippen molar-refractivity contribution in [1.82, 2.24) is 0 Å². The highest BCUT2D eigenvalue weighted by molar-refractivity contribution is 5.81. The summed E-state index contributed by atoms with van der Waals surface area (Å²) in [5, 5.41) is 16.7. The molecule has 0 rings (SSSR count). The van der Waals surface area contributed by atoms with E-state index in [9.17, 15) is 4.79 Å². The van der Waals surface area contributed by atoms with E-state index in [-0.39, 0.29) is 13.0 Å². The Kier molecular flexibility index (Phi) is 5.42. The van der Waals surface area contributed by atoms with Gasteiger partial charge in [0.15, 0.2) is 6.29 Å². The average molecular weight is 160 g/mol. The van der Waals surface area contributed by atoms with Crippen molar-refractivity contribution in [2.75, 3.05) is 6.61 Å². The molecule has 4 heteroatoms. The Balaban J connectivity index is 3.32. The van der Waals surface area contributed by atoms with E-state index < -0.39 is 12.3 Å². The Morgan fingerprint density at radius 2 is 2.27 bits per heavy atom. The van der Waals surface area contributed by atoms with Gasteiger partial charge in [0.25, 0.3) is 0 Å². The molecule has 0 spiro atoms. The number of ether oxygens (including phenoxy) is 1. The summed E-state index contributed by atoms with van der Waals surface area (Å²) in [5.74, 6) is -0.465. The zero-order valence-electron chi connectivity index (χ0n) is 6.36. The van der Waals surface area contributed by atoms with Crippen LogP contribution in [-0.2, 0) is 9.53 Å². The largest absolute Gasteiger partial charge is 0.462 e. The first-order valence-electron chi connectivity index (χ1n) is 3.32. The van der Waals surface area contributed by atoms with Crippen LogP contribution in [-0.4, -0.2) is 29.1 Å². The normalized spacial score (nSPS) is 10.9. The van der Waals surface area contributed by atoms with Crippen LogP contribution in [0, 0.1) is 0 Å². The lowest BCUT2D eigenvalue weighted by Crippen LogP contribution is -2.11. The molecule has 64 valence electrons. The summed E-state index contributed by atoms with van der Waals surface area (Å²) in [5.41, 5.74) is 0. The quantitative estimate of drug-likeness (QED) is 0.340. The minimum atomic E-state index is -1.41. The SMILES string of the molecule is C/C=C/C(=O)OCCC(O)O. The molecule has 0 aromatic carbocycles. The molecule has 2 N–H and O–H groups in total. The summed E-state index contributed by atoms with van der Waals surface area (Å²) in [4.78, 5) is 10.6. The number of allylic oxidation sites excluding steroid dienone is 1. The maximum absolute atomic E-state index is 10.6. The molecule has 0 unspecified atom stereocenters. The highest BCUT2D eigenvalue weighted by atomic mass is 16.5. The summed E-state index contributed by atoms with van der Waals surface area (Å²) in [6.07, 6.45) is 1.46. The molecule has 0 radical (unpaired) electrons. The number of rotatable bonds is 4. The Labute approximate surface area is 65.1 Å². The predicted octanol–water partition coefficient (Wildman–Crippen LogP) is -0.194. The van der Waals surface area contributed by atoms with E-state index in [1.807, 2.05) is 0 Å². The summed E-state index contributed by atoms with van der Waals surface area (Å²) >= 11 is 0. The van der Waals surface area contributed by atoms with Gasteiger partial charge in [0, 0.05) is 12.5 Å². The smallest absolute Gasteiger partial charge is 0.330 e. The number of hydrogen-bond donors (Lipinski definition) is 2. The van der Waals surface area contributed by atoms with Gasteiger partial charge >= 0.3 is 5.97 Å². The van der Waals surface area contributed by atoms with Crippen molar-refractivity contribution in [3.63, 3.8) is 0 Å². The summed E-state index contributed by atoms with van der Waals surface area (Å²) in [6, 6.07) is 0. The third kappa shape index (κ3) is 7.02. The molecule has 0 aliphatic heterocycles. The zero-order chi connectivity index (χ0) is 8.69. The number of carbonyl (C=O) groups is 1. The van der Waals surface area contributed by atoms with Crippen molar-refractivity contribution in [3.05, 3.63) is 12.2 Å². The maximum Gasteiger partial charge on any atom is 0.330 e. The molecule has 0 saturated carbocycles. The van der Waals surface area contributed by atoms with Gasteiger partial charge in [-0.1, -0.05) is 6.08 Å². The average Bonchev–Trinajstić information content (AvgIpc) is 1.87. The van der Waals surface area contributed by atoms with Crippen LogP contribution in [0.25, 0.3) is 0 Å².